The van der Waals surface area contributed by atoms with E-state index >= 15 is 0 Å². The van der Waals surface area contributed by atoms with Gasteiger partial charge in [0.1, 0.15) is 18.2 Å². The van der Waals surface area contributed by atoms with Gasteiger partial charge in [-0.15, -0.1) is 0 Å². The second kappa shape index (κ2) is 7.06. The summed E-state index contributed by atoms with van der Waals surface area (Å²) in [5, 5.41) is 3.30. The van der Waals surface area contributed by atoms with Crippen molar-refractivity contribution in [1.29, 1.82) is 0 Å². The lowest BCUT2D eigenvalue weighted by Gasteiger charge is -2.14. The normalized spacial score (nSPS) is 10.6. The van der Waals surface area contributed by atoms with Crippen molar-refractivity contribution in [2.45, 2.75) is 27.0 Å². The van der Waals surface area contributed by atoms with Gasteiger partial charge in [0.05, 0.1) is 0 Å². The summed E-state index contributed by atoms with van der Waals surface area (Å²) in [5.41, 5.74) is 3.06. The van der Waals surface area contributed by atoms with E-state index in [0.29, 0.717) is 6.61 Å². The second-order valence-corrected chi connectivity index (χ2v) is 4.76. The predicted molar refractivity (Wildman–Crippen MR) is 79.3 cm³/mol. The molecule has 0 radical (unpaired) electrons. The van der Waals surface area contributed by atoms with Gasteiger partial charge in [-0.05, 0) is 36.7 Å². The summed E-state index contributed by atoms with van der Waals surface area (Å²) in [5.74, 6) is 0.654. The SMILES string of the molecule is CCNCc1cccc(C)c1OCc1cccc(F)c1. The molecule has 2 rings (SSSR count). The number of para-hydroxylation sites is 1. The highest BCUT2D eigenvalue weighted by molar-refractivity contribution is 5.40. The minimum absolute atomic E-state index is 0.233. The monoisotopic (exact) mass is 273 g/mol. The first kappa shape index (κ1) is 14.5. The maximum absolute atomic E-state index is 13.2. The van der Waals surface area contributed by atoms with Crippen molar-refractivity contribution in [2.24, 2.45) is 0 Å². The molecule has 0 heterocycles. The predicted octanol–water partition coefficient (Wildman–Crippen LogP) is 3.82. The largest absolute Gasteiger partial charge is 0.488 e. The molecule has 0 aromatic heterocycles. The summed E-state index contributed by atoms with van der Waals surface area (Å²) in [6, 6.07) is 12.6. The number of aryl methyl sites for hydroxylation is 1. The summed E-state index contributed by atoms with van der Waals surface area (Å²) in [4.78, 5) is 0. The maximum atomic E-state index is 13.2. The van der Waals surface area contributed by atoms with Crippen LogP contribution in [0, 0.1) is 12.7 Å². The molecular formula is C17H20FNO. The Bertz CT molecular complexity index is 569. The highest BCUT2D eigenvalue weighted by Gasteiger charge is 2.07. The number of benzene rings is 2. The van der Waals surface area contributed by atoms with Crippen LogP contribution >= 0.6 is 0 Å². The molecule has 2 nitrogen and oxygen atoms in total. The molecule has 0 spiro atoms. The van der Waals surface area contributed by atoms with Crippen molar-refractivity contribution in [1.82, 2.24) is 5.32 Å². The fourth-order valence-corrected chi connectivity index (χ4v) is 2.10. The van der Waals surface area contributed by atoms with Crippen molar-refractivity contribution < 1.29 is 9.13 Å². The minimum atomic E-state index is -0.233. The lowest BCUT2D eigenvalue weighted by molar-refractivity contribution is 0.299. The third-order valence-corrected chi connectivity index (χ3v) is 3.13. The highest BCUT2D eigenvalue weighted by Crippen LogP contribution is 2.24. The first-order valence-electron chi connectivity index (χ1n) is 6.87. The van der Waals surface area contributed by atoms with E-state index in [1.807, 2.05) is 25.1 Å². The van der Waals surface area contributed by atoms with E-state index in [1.54, 1.807) is 6.07 Å². The number of nitrogens with one attached hydrogen (secondary N) is 1. The first-order chi connectivity index (χ1) is 9.70. The quantitative estimate of drug-likeness (QED) is 0.864. The average Bonchev–Trinajstić information content (AvgIpc) is 2.44. The molecule has 2 aromatic rings. The summed E-state index contributed by atoms with van der Waals surface area (Å²) in [7, 11) is 0. The van der Waals surface area contributed by atoms with Crippen molar-refractivity contribution >= 4 is 0 Å². The molecule has 0 amide bonds. The molecule has 0 saturated carbocycles. The third kappa shape index (κ3) is 3.81. The Labute approximate surface area is 119 Å². The van der Waals surface area contributed by atoms with Gasteiger partial charge in [-0.3, -0.25) is 0 Å². The van der Waals surface area contributed by atoms with Gasteiger partial charge in [-0.25, -0.2) is 4.39 Å². The highest BCUT2D eigenvalue weighted by atomic mass is 19.1. The van der Waals surface area contributed by atoms with Crippen molar-refractivity contribution in [2.75, 3.05) is 6.54 Å². The maximum Gasteiger partial charge on any atom is 0.127 e. The van der Waals surface area contributed by atoms with E-state index in [9.17, 15) is 4.39 Å². The smallest absolute Gasteiger partial charge is 0.127 e. The number of halogens is 1. The molecule has 0 atom stereocenters. The van der Waals surface area contributed by atoms with E-state index in [0.717, 1.165) is 35.5 Å². The first-order valence-corrected chi connectivity index (χ1v) is 6.87. The van der Waals surface area contributed by atoms with E-state index in [2.05, 4.69) is 18.3 Å². The molecule has 20 heavy (non-hydrogen) atoms. The minimum Gasteiger partial charge on any atom is -0.488 e. The molecular weight excluding hydrogens is 253 g/mol. The van der Waals surface area contributed by atoms with Crippen LogP contribution < -0.4 is 10.1 Å². The topological polar surface area (TPSA) is 21.3 Å². The van der Waals surface area contributed by atoms with Gasteiger partial charge >= 0.3 is 0 Å². The Morgan fingerprint density at radius 1 is 1.15 bits per heavy atom. The van der Waals surface area contributed by atoms with Crippen molar-refractivity contribution in [3.63, 3.8) is 0 Å². The van der Waals surface area contributed by atoms with Gasteiger partial charge in [0.25, 0.3) is 0 Å². The zero-order chi connectivity index (χ0) is 14.4. The number of hydrogen-bond acceptors (Lipinski definition) is 2. The summed E-state index contributed by atoms with van der Waals surface area (Å²) in [6.45, 7) is 6.16. The van der Waals surface area contributed by atoms with Crippen molar-refractivity contribution in [3.05, 3.63) is 65.0 Å². The lowest BCUT2D eigenvalue weighted by atomic mass is 10.1. The number of ether oxygens (including phenoxy) is 1. The molecule has 0 aliphatic rings. The van der Waals surface area contributed by atoms with Crippen LogP contribution in [0.2, 0.25) is 0 Å². The van der Waals surface area contributed by atoms with Crippen LogP contribution in [0.15, 0.2) is 42.5 Å². The van der Waals surface area contributed by atoms with Gasteiger partial charge in [-0.2, -0.15) is 0 Å². The molecule has 1 N–H and O–H groups in total. The molecule has 0 aliphatic carbocycles. The zero-order valence-electron chi connectivity index (χ0n) is 11.9. The van der Waals surface area contributed by atoms with Crippen molar-refractivity contribution in [3.8, 4) is 5.75 Å². The fourth-order valence-electron chi connectivity index (χ4n) is 2.10. The number of hydrogen-bond donors (Lipinski definition) is 1. The van der Waals surface area contributed by atoms with Gasteiger partial charge in [0, 0.05) is 12.1 Å². The molecule has 0 unspecified atom stereocenters. The summed E-state index contributed by atoms with van der Waals surface area (Å²) in [6.07, 6.45) is 0. The van der Waals surface area contributed by atoms with Crippen LogP contribution in [0.5, 0.6) is 5.75 Å². The lowest BCUT2D eigenvalue weighted by Crippen LogP contribution is -2.13. The van der Waals surface area contributed by atoms with Crippen LogP contribution in [0.4, 0.5) is 4.39 Å². The Morgan fingerprint density at radius 3 is 2.70 bits per heavy atom. The van der Waals surface area contributed by atoms with Gasteiger partial charge in [-0.1, -0.05) is 37.3 Å². The third-order valence-electron chi connectivity index (χ3n) is 3.13. The molecule has 0 saturated heterocycles. The van der Waals surface area contributed by atoms with Crippen LogP contribution in [0.3, 0.4) is 0 Å². The number of rotatable bonds is 6. The Balaban J connectivity index is 2.11. The molecule has 2 aromatic carbocycles. The Hall–Kier alpha value is -1.87. The second-order valence-electron chi connectivity index (χ2n) is 4.76. The van der Waals surface area contributed by atoms with Crippen LogP contribution in [0.1, 0.15) is 23.6 Å². The Morgan fingerprint density at radius 2 is 1.95 bits per heavy atom. The molecule has 0 bridgehead atoms. The van der Waals surface area contributed by atoms with Crippen LogP contribution in [-0.2, 0) is 13.2 Å². The molecule has 3 heteroatoms. The van der Waals surface area contributed by atoms with E-state index < -0.39 is 0 Å². The summed E-state index contributed by atoms with van der Waals surface area (Å²) < 4.78 is 19.1. The van der Waals surface area contributed by atoms with Gasteiger partial charge in [0.2, 0.25) is 0 Å². The standard InChI is InChI=1S/C17H20FNO/c1-3-19-11-15-8-4-6-13(2)17(15)20-12-14-7-5-9-16(18)10-14/h4-10,19H,3,11-12H2,1-2H3. The van der Waals surface area contributed by atoms with E-state index in [4.69, 9.17) is 4.74 Å². The van der Waals surface area contributed by atoms with Crippen LogP contribution in [-0.4, -0.2) is 6.54 Å². The molecule has 0 fully saturated rings. The average molecular weight is 273 g/mol. The molecule has 0 aliphatic heterocycles. The Kier molecular flexibility index (Phi) is 5.13. The van der Waals surface area contributed by atoms with E-state index in [1.165, 1.54) is 12.1 Å². The summed E-state index contributed by atoms with van der Waals surface area (Å²) >= 11 is 0. The van der Waals surface area contributed by atoms with Gasteiger partial charge < -0.3 is 10.1 Å². The van der Waals surface area contributed by atoms with Crippen LogP contribution in [0.25, 0.3) is 0 Å². The van der Waals surface area contributed by atoms with E-state index in [-0.39, 0.29) is 5.82 Å². The van der Waals surface area contributed by atoms with Gasteiger partial charge in [0.15, 0.2) is 0 Å². The molecule has 106 valence electrons. The zero-order valence-corrected chi connectivity index (χ0v) is 11.9. The fraction of sp³-hybridized carbons (Fsp3) is 0.294.